The van der Waals surface area contributed by atoms with E-state index in [4.69, 9.17) is 9.47 Å². The Labute approximate surface area is 379 Å². The molecule has 338 valence electrons. The maximum absolute atomic E-state index is 13.9. The van der Waals surface area contributed by atoms with E-state index in [0.29, 0.717) is 71.6 Å². The third-order valence-corrected chi connectivity index (χ3v) is 12.9. The van der Waals surface area contributed by atoms with Crippen LogP contribution in [0.25, 0.3) is 10.9 Å². The molecule has 2 fully saturated rings. The molecule has 2 atom stereocenters. The Morgan fingerprint density at radius 2 is 1.43 bits per heavy atom. The average molecular weight is 879 g/mol. The second-order valence-electron chi connectivity index (χ2n) is 17.4. The van der Waals surface area contributed by atoms with Crippen LogP contribution in [0, 0.1) is 11.8 Å². The Hall–Kier alpha value is -6.31. The topological polar surface area (TPSA) is 165 Å². The maximum atomic E-state index is 13.9. The number of carbonyl (C=O) groups is 2. The lowest BCUT2D eigenvalue weighted by Crippen LogP contribution is -2.40. The van der Waals surface area contributed by atoms with Crippen LogP contribution in [0.3, 0.4) is 0 Å². The number of aromatic amines is 1. The summed E-state index contributed by atoms with van der Waals surface area (Å²) >= 11 is 0. The van der Waals surface area contributed by atoms with Gasteiger partial charge in [0, 0.05) is 48.8 Å². The van der Waals surface area contributed by atoms with Gasteiger partial charge in [-0.05, 0) is 122 Å². The van der Waals surface area contributed by atoms with Crippen molar-refractivity contribution in [1.29, 1.82) is 0 Å². The largest absolute Gasteiger partial charge is 0.506 e. The van der Waals surface area contributed by atoms with Gasteiger partial charge in [-0.15, -0.1) is 0 Å². The maximum Gasteiger partial charge on any atom is 0.347 e. The summed E-state index contributed by atoms with van der Waals surface area (Å²) in [6, 6.07) is 40.2. The molecule has 6 aromatic rings. The number of fused-ring (bicyclic) bond motifs is 1. The van der Waals surface area contributed by atoms with Crippen molar-refractivity contribution in [1.82, 2.24) is 20.1 Å². The van der Waals surface area contributed by atoms with Crippen LogP contribution in [-0.4, -0.2) is 94.5 Å². The van der Waals surface area contributed by atoms with E-state index in [1.165, 1.54) is 17.7 Å². The number of piperidine rings is 2. The lowest BCUT2D eigenvalue weighted by atomic mass is 9.86. The van der Waals surface area contributed by atoms with Gasteiger partial charge in [-0.1, -0.05) is 91.0 Å². The van der Waals surface area contributed by atoms with Crippen LogP contribution < -0.4 is 15.6 Å². The number of benzene rings is 5. The third-order valence-electron chi connectivity index (χ3n) is 12.9. The van der Waals surface area contributed by atoms with Gasteiger partial charge in [0.2, 0.25) is 11.2 Å². The number of nitrogens with zero attached hydrogens (tertiary/aromatic N) is 2. The standard InChI is InChI=1S/C53H58N4O8/c58-47-20-18-45(46-19-21-49(60)55-50(46)47)48(59)33-54-27-22-37-14-16-41(17-15-37)51(61)57-30-25-40(26-31-57)35-64-44-13-7-12-43(32-44)53(63,42-10-5-2-6-11-42)52(62)65-36-39-23-28-56(29-24-39)34-38-8-3-1-4-9-38/h1-21,32,39-40,48,54,58-59,63H,22-31,33-36H2,(H,55,60). The number of H-pyrrole nitrogens is 1. The molecule has 5 aromatic carbocycles. The summed E-state index contributed by atoms with van der Waals surface area (Å²) < 4.78 is 12.2. The minimum absolute atomic E-state index is 0.00654. The fourth-order valence-electron chi connectivity index (χ4n) is 8.99. The minimum atomic E-state index is -2.02. The normalized spacial score (nSPS) is 16.5. The van der Waals surface area contributed by atoms with Crippen molar-refractivity contribution in [3.63, 3.8) is 0 Å². The van der Waals surface area contributed by atoms with E-state index in [2.05, 4.69) is 39.5 Å². The number of hydrogen-bond acceptors (Lipinski definition) is 10. The van der Waals surface area contributed by atoms with Crippen molar-refractivity contribution >= 4 is 22.8 Å². The van der Waals surface area contributed by atoms with Crippen LogP contribution >= 0.6 is 0 Å². The van der Waals surface area contributed by atoms with Crippen molar-refractivity contribution in [2.75, 3.05) is 52.5 Å². The van der Waals surface area contributed by atoms with E-state index in [9.17, 15) is 29.7 Å². The molecule has 2 aliphatic rings. The number of ether oxygens (including phenoxy) is 2. The van der Waals surface area contributed by atoms with Gasteiger partial charge in [0.1, 0.15) is 11.5 Å². The SMILES string of the molecule is O=C(c1ccc(CCNCC(O)c2ccc(O)c3[nH]c(=O)ccc23)cc1)N1CCC(COc2cccc(C(O)(C(=O)OCC3CCN(Cc4ccccc4)CC3)c3ccccc3)c2)CC1. The summed E-state index contributed by atoms with van der Waals surface area (Å²) in [7, 11) is 0. The number of pyridine rings is 1. The first-order valence-electron chi connectivity index (χ1n) is 22.7. The number of phenols is 1. The number of phenolic OH excluding ortho intramolecular Hbond substituents is 1. The van der Waals surface area contributed by atoms with E-state index in [0.717, 1.165) is 50.9 Å². The molecule has 12 nitrogen and oxygen atoms in total. The monoisotopic (exact) mass is 878 g/mol. The van der Waals surface area contributed by atoms with E-state index in [-0.39, 0.29) is 42.2 Å². The number of esters is 1. The Kier molecular flexibility index (Phi) is 14.7. The number of amides is 1. The average Bonchev–Trinajstić information content (AvgIpc) is 3.35. The summed E-state index contributed by atoms with van der Waals surface area (Å²) in [5.74, 6) is 0.230. The van der Waals surface area contributed by atoms with Crippen molar-refractivity contribution in [2.24, 2.45) is 11.8 Å². The van der Waals surface area contributed by atoms with Crippen LogP contribution in [0.4, 0.5) is 0 Å². The fourth-order valence-corrected chi connectivity index (χ4v) is 8.99. The summed E-state index contributed by atoms with van der Waals surface area (Å²) in [4.78, 5) is 46.1. The van der Waals surface area contributed by atoms with Gasteiger partial charge < -0.3 is 40.0 Å². The zero-order valence-corrected chi connectivity index (χ0v) is 36.6. The highest BCUT2D eigenvalue weighted by molar-refractivity contribution is 5.94. The third kappa shape index (κ3) is 11.1. The number of aliphatic hydroxyl groups is 2. The Bertz CT molecular complexity index is 2570. The zero-order valence-electron chi connectivity index (χ0n) is 36.6. The molecule has 8 rings (SSSR count). The molecule has 2 saturated heterocycles. The number of hydrogen-bond donors (Lipinski definition) is 5. The molecule has 65 heavy (non-hydrogen) atoms. The number of carbonyl (C=O) groups excluding carboxylic acids is 2. The second kappa shape index (κ2) is 21.1. The number of nitrogens with one attached hydrogen (secondary N) is 2. The molecule has 0 aliphatic carbocycles. The first-order valence-corrected chi connectivity index (χ1v) is 22.7. The molecule has 0 saturated carbocycles. The Morgan fingerprint density at radius 1 is 0.754 bits per heavy atom. The zero-order chi connectivity index (χ0) is 45.2. The first-order chi connectivity index (χ1) is 31.6. The Balaban J connectivity index is 0.785. The molecule has 1 aromatic heterocycles. The van der Waals surface area contributed by atoms with E-state index < -0.39 is 17.7 Å². The van der Waals surface area contributed by atoms with E-state index >= 15 is 0 Å². The van der Waals surface area contributed by atoms with E-state index in [1.54, 1.807) is 54.6 Å². The highest BCUT2D eigenvalue weighted by Crippen LogP contribution is 2.35. The number of aliphatic hydroxyl groups excluding tert-OH is 1. The molecular weight excluding hydrogens is 821 g/mol. The van der Waals surface area contributed by atoms with Crippen molar-refractivity contribution < 1.29 is 34.4 Å². The lowest BCUT2D eigenvalue weighted by molar-refractivity contribution is -0.164. The van der Waals surface area contributed by atoms with Crippen molar-refractivity contribution in [3.8, 4) is 11.5 Å². The molecule has 12 heteroatoms. The molecule has 0 radical (unpaired) electrons. The van der Waals surface area contributed by atoms with Gasteiger partial charge in [-0.3, -0.25) is 14.5 Å². The van der Waals surface area contributed by atoms with E-state index in [1.807, 2.05) is 47.4 Å². The second-order valence-corrected chi connectivity index (χ2v) is 17.4. The molecule has 3 heterocycles. The molecule has 2 aliphatic heterocycles. The molecule has 1 amide bonds. The van der Waals surface area contributed by atoms with Crippen LogP contribution in [0.1, 0.15) is 70.0 Å². The summed E-state index contributed by atoms with van der Waals surface area (Å²) in [5, 5.41) is 37.1. The van der Waals surface area contributed by atoms with Gasteiger partial charge in [-0.2, -0.15) is 0 Å². The Morgan fingerprint density at radius 3 is 2.17 bits per heavy atom. The summed E-state index contributed by atoms with van der Waals surface area (Å²) in [6.45, 7) is 5.55. The van der Waals surface area contributed by atoms with Crippen LogP contribution in [0.15, 0.2) is 138 Å². The number of rotatable bonds is 17. The predicted molar refractivity (Wildman–Crippen MR) is 250 cm³/mol. The number of aromatic hydroxyl groups is 1. The van der Waals surface area contributed by atoms with Gasteiger partial charge in [-0.25, -0.2) is 4.79 Å². The van der Waals surface area contributed by atoms with Gasteiger partial charge in [0.25, 0.3) is 5.91 Å². The van der Waals surface area contributed by atoms with Crippen LogP contribution in [0.2, 0.25) is 0 Å². The minimum Gasteiger partial charge on any atom is -0.506 e. The van der Waals surface area contributed by atoms with Crippen LogP contribution in [0.5, 0.6) is 11.5 Å². The lowest BCUT2D eigenvalue weighted by Gasteiger charge is -2.33. The van der Waals surface area contributed by atoms with Crippen molar-refractivity contribution in [3.05, 3.63) is 177 Å². The smallest absolute Gasteiger partial charge is 0.347 e. The molecule has 0 bridgehead atoms. The number of aromatic nitrogens is 1. The first kappa shape index (κ1) is 45.3. The van der Waals surface area contributed by atoms with Gasteiger partial charge in [0.05, 0.1) is 24.8 Å². The highest BCUT2D eigenvalue weighted by atomic mass is 16.5. The predicted octanol–water partition coefficient (Wildman–Crippen LogP) is 6.72. The van der Waals surface area contributed by atoms with Crippen LogP contribution in [-0.2, 0) is 28.1 Å². The molecular formula is C53H58N4O8. The quantitative estimate of drug-likeness (QED) is 0.0491. The van der Waals surface area contributed by atoms with Gasteiger partial charge in [0.15, 0.2) is 0 Å². The highest BCUT2D eigenvalue weighted by Gasteiger charge is 2.42. The van der Waals surface area contributed by atoms with Gasteiger partial charge >= 0.3 is 5.97 Å². The fraction of sp³-hybridized carbons (Fsp3) is 0.340. The molecule has 5 N–H and O–H groups in total. The number of likely N-dealkylation sites (tertiary alicyclic amines) is 2. The summed E-state index contributed by atoms with van der Waals surface area (Å²) in [5.41, 5.74) is 2.35. The van der Waals surface area contributed by atoms with Crippen molar-refractivity contribution in [2.45, 2.75) is 50.4 Å². The summed E-state index contributed by atoms with van der Waals surface area (Å²) in [6.07, 6.45) is 3.25. The molecule has 0 spiro atoms. The molecule has 2 unspecified atom stereocenters.